The first kappa shape index (κ1) is 15.2. The van der Waals surface area contributed by atoms with Crippen LogP contribution in [-0.4, -0.2) is 21.5 Å². The zero-order chi connectivity index (χ0) is 16.2. The lowest BCUT2D eigenvalue weighted by Gasteiger charge is -2.11. The van der Waals surface area contributed by atoms with Crippen molar-refractivity contribution in [3.8, 4) is 11.1 Å². The first-order valence-corrected chi connectivity index (χ1v) is 7.84. The Morgan fingerprint density at radius 1 is 1.04 bits per heavy atom. The Balaban J connectivity index is 1.95. The Labute approximate surface area is 136 Å². The molecular formula is C18H21N5. The number of pyridine rings is 1. The average molecular weight is 307 g/mol. The highest BCUT2D eigenvalue weighted by atomic mass is 15.0. The van der Waals surface area contributed by atoms with Crippen LogP contribution < -0.4 is 11.1 Å². The van der Waals surface area contributed by atoms with Gasteiger partial charge in [-0.15, -0.1) is 0 Å². The normalized spacial score (nSPS) is 11.1. The van der Waals surface area contributed by atoms with Crippen LogP contribution in [0.1, 0.15) is 20.3 Å². The van der Waals surface area contributed by atoms with Crippen molar-refractivity contribution in [3.05, 3.63) is 42.9 Å². The molecule has 0 amide bonds. The van der Waals surface area contributed by atoms with Crippen molar-refractivity contribution in [1.29, 1.82) is 0 Å². The van der Waals surface area contributed by atoms with E-state index in [1.807, 2.05) is 24.3 Å². The lowest BCUT2D eigenvalue weighted by atomic mass is 10.1. The summed E-state index contributed by atoms with van der Waals surface area (Å²) in [5.74, 6) is 2.06. The molecule has 3 rings (SSSR count). The van der Waals surface area contributed by atoms with E-state index in [9.17, 15) is 0 Å². The van der Waals surface area contributed by atoms with Crippen LogP contribution in [0, 0.1) is 5.92 Å². The van der Waals surface area contributed by atoms with Crippen molar-refractivity contribution in [3.63, 3.8) is 0 Å². The Kier molecular flexibility index (Phi) is 4.37. The second-order valence-electron chi connectivity index (χ2n) is 6.04. The monoisotopic (exact) mass is 307 g/mol. The fourth-order valence-electron chi connectivity index (χ4n) is 2.43. The number of fused-ring (bicyclic) bond motifs is 1. The third-order valence-electron chi connectivity index (χ3n) is 3.77. The molecule has 5 heteroatoms. The smallest absolute Gasteiger partial charge is 0.137 e. The fourth-order valence-corrected chi connectivity index (χ4v) is 2.43. The van der Waals surface area contributed by atoms with E-state index in [1.54, 1.807) is 12.5 Å². The van der Waals surface area contributed by atoms with Gasteiger partial charge in [0.1, 0.15) is 18.0 Å². The lowest BCUT2D eigenvalue weighted by molar-refractivity contribution is 0.607. The van der Waals surface area contributed by atoms with E-state index in [4.69, 9.17) is 5.73 Å². The number of rotatable bonds is 5. The van der Waals surface area contributed by atoms with Crippen molar-refractivity contribution < 1.29 is 0 Å². The molecule has 3 aromatic rings. The number of nitrogens with one attached hydrogen (secondary N) is 1. The maximum Gasteiger partial charge on any atom is 0.137 e. The predicted molar refractivity (Wildman–Crippen MR) is 95.1 cm³/mol. The lowest BCUT2D eigenvalue weighted by Crippen LogP contribution is -2.06. The summed E-state index contributed by atoms with van der Waals surface area (Å²) >= 11 is 0. The fraction of sp³-hybridized carbons (Fsp3) is 0.278. The van der Waals surface area contributed by atoms with Gasteiger partial charge in [-0.1, -0.05) is 19.9 Å². The summed E-state index contributed by atoms with van der Waals surface area (Å²) in [5.41, 5.74) is 8.69. The average Bonchev–Trinajstić information content (AvgIpc) is 2.55. The molecule has 0 fully saturated rings. The first-order valence-electron chi connectivity index (χ1n) is 7.84. The van der Waals surface area contributed by atoms with Crippen LogP contribution >= 0.6 is 0 Å². The molecule has 0 aliphatic rings. The molecule has 0 unspecified atom stereocenters. The van der Waals surface area contributed by atoms with Gasteiger partial charge in [0.15, 0.2) is 0 Å². The number of nitrogens with zero attached hydrogens (tertiary/aromatic N) is 3. The SMILES string of the molecule is CC(C)CCNc1ncnc2ccc(-c3ccc(N)nc3)cc12. The molecule has 2 aromatic heterocycles. The van der Waals surface area contributed by atoms with Crippen molar-refractivity contribution in [2.75, 3.05) is 17.6 Å². The van der Waals surface area contributed by atoms with Crippen molar-refractivity contribution >= 4 is 22.5 Å². The predicted octanol–water partition coefficient (Wildman–Crippen LogP) is 3.73. The van der Waals surface area contributed by atoms with E-state index < -0.39 is 0 Å². The number of aromatic nitrogens is 3. The minimum atomic E-state index is 0.522. The van der Waals surface area contributed by atoms with Crippen LogP contribution in [-0.2, 0) is 0 Å². The quantitative estimate of drug-likeness (QED) is 0.751. The number of anilines is 2. The zero-order valence-electron chi connectivity index (χ0n) is 13.5. The third-order valence-corrected chi connectivity index (χ3v) is 3.77. The highest BCUT2D eigenvalue weighted by molar-refractivity contribution is 5.92. The zero-order valence-corrected chi connectivity index (χ0v) is 13.5. The van der Waals surface area contributed by atoms with Crippen molar-refractivity contribution in [2.45, 2.75) is 20.3 Å². The summed E-state index contributed by atoms with van der Waals surface area (Å²) in [6, 6.07) is 9.93. The van der Waals surface area contributed by atoms with E-state index in [-0.39, 0.29) is 0 Å². The van der Waals surface area contributed by atoms with Crippen LogP contribution in [0.4, 0.5) is 11.6 Å². The molecule has 0 spiro atoms. The highest BCUT2D eigenvalue weighted by Gasteiger charge is 2.06. The molecule has 0 bridgehead atoms. The maximum atomic E-state index is 5.66. The molecule has 0 aliphatic carbocycles. The Morgan fingerprint density at radius 2 is 1.87 bits per heavy atom. The van der Waals surface area contributed by atoms with Crippen LogP contribution in [0.25, 0.3) is 22.0 Å². The van der Waals surface area contributed by atoms with E-state index in [1.165, 1.54) is 0 Å². The van der Waals surface area contributed by atoms with Gasteiger partial charge in [-0.25, -0.2) is 15.0 Å². The molecule has 118 valence electrons. The molecule has 0 saturated carbocycles. The summed E-state index contributed by atoms with van der Waals surface area (Å²) in [4.78, 5) is 12.9. The molecule has 0 atom stereocenters. The van der Waals surface area contributed by atoms with E-state index in [2.05, 4.69) is 40.2 Å². The maximum absolute atomic E-state index is 5.66. The van der Waals surface area contributed by atoms with Gasteiger partial charge in [-0.3, -0.25) is 0 Å². The van der Waals surface area contributed by atoms with Crippen molar-refractivity contribution in [1.82, 2.24) is 15.0 Å². The van der Waals surface area contributed by atoms with Crippen LogP contribution in [0.3, 0.4) is 0 Å². The molecule has 0 radical (unpaired) electrons. The summed E-state index contributed by atoms with van der Waals surface area (Å²) in [7, 11) is 0. The topological polar surface area (TPSA) is 76.7 Å². The Hall–Kier alpha value is -2.69. The number of hydrogen-bond donors (Lipinski definition) is 2. The van der Waals surface area contributed by atoms with E-state index >= 15 is 0 Å². The molecule has 0 aliphatic heterocycles. The number of nitrogens with two attached hydrogens (primary N) is 1. The van der Waals surface area contributed by atoms with Gasteiger partial charge in [-0.05, 0) is 42.2 Å². The Morgan fingerprint density at radius 3 is 2.61 bits per heavy atom. The van der Waals surface area contributed by atoms with Crippen molar-refractivity contribution in [2.24, 2.45) is 5.92 Å². The van der Waals surface area contributed by atoms with Gasteiger partial charge in [0.25, 0.3) is 0 Å². The summed E-state index contributed by atoms with van der Waals surface area (Å²) in [6.07, 6.45) is 4.49. The van der Waals surface area contributed by atoms with Gasteiger partial charge >= 0.3 is 0 Å². The molecule has 2 heterocycles. The van der Waals surface area contributed by atoms with Crippen LogP contribution in [0.5, 0.6) is 0 Å². The molecule has 23 heavy (non-hydrogen) atoms. The van der Waals surface area contributed by atoms with Gasteiger partial charge in [0.05, 0.1) is 5.52 Å². The van der Waals surface area contributed by atoms with Gasteiger partial charge in [-0.2, -0.15) is 0 Å². The van der Waals surface area contributed by atoms with E-state index in [0.717, 1.165) is 40.8 Å². The van der Waals surface area contributed by atoms with Crippen LogP contribution in [0.15, 0.2) is 42.9 Å². The summed E-state index contributed by atoms with van der Waals surface area (Å²) in [6.45, 7) is 5.33. The number of nitrogen functional groups attached to an aromatic ring is 1. The summed E-state index contributed by atoms with van der Waals surface area (Å²) < 4.78 is 0. The number of benzene rings is 1. The standard InChI is InChI=1S/C18H21N5/c1-12(2)7-8-20-18-15-9-13(3-5-16(15)22-11-23-18)14-4-6-17(19)21-10-14/h3-6,9-12H,7-8H2,1-2H3,(H2,19,21)(H,20,22,23). The van der Waals surface area contributed by atoms with Gasteiger partial charge in [0, 0.05) is 23.7 Å². The van der Waals surface area contributed by atoms with E-state index in [0.29, 0.717) is 11.7 Å². The third kappa shape index (κ3) is 3.56. The second kappa shape index (κ2) is 6.60. The Bertz CT molecular complexity index is 796. The van der Waals surface area contributed by atoms with Gasteiger partial charge < -0.3 is 11.1 Å². The van der Waals surface area contributed by atoms with Crippen LogP contribution in [0.2, 0.25) is 0 Å². The number of hydrogen-bond acceptors (Lipinski definition) is 5. The first-order chi connectivity index (χ1) is 11.1. The minimum absolute atomic E-state index is 0.522. The largest absolute Gasteiger partial charge is 0.384 e. The summed E-state index contributed by atoms with van der Waals surface area (Å²) in [5, 5.41) is 4.44. The minimum Gasteiger partial charge on any atom is -0.384 e. The molecular weight excluding hydrogens is 286 g/mol. The van der Waals surface area contributed by atoms with Gasteiger partial charge in [0.2, 0.25) is 0 Å². The molecule has 0 saturated heterocycles. The molecule has 5 nitrogen and oxygen atoms in total. The second-order valence-corrected chi connectivity index (χ2v) is 6.04. The molecule has 3 N–H and O–H groups in total. The molecule has 1 aromatic carbocycles. The highest BCUT2D eigenvalue weighted by Crippen LogP contribution is 2.26.